The molecule has 0 aliphatic carbocycles. The molecule has 3 heteroatoms. The number of benzene rings is 4. The minimum Gasteiger partial charge on any atom is -0.298 e. The summed E-state index contributed by atoms with van der Waals surface area (Å²) in [5.74, 6) is 0.504. The summed E-state index contributed by atoms with van der Waals surface area (Å²) in [7, 11) is 0. The van der Waals surface area contributed by atoms with Crippen molar-refractivity contribution in [2.75, 3.05) is 0 Å². The Morgan fingerprint density at radius 3 is 1.36 bits per heavy atom. The van der Waals surface area contributed by atoms with E-state index in [-0.39, 0.29) is 17.6 Å². The molecule has 0 spiro atoms. The van der Waals surface area contributed by atoms with Gasteiger partial charge in [-0.15, -0.1) is 0 Å². The van der Waals surface area contributed by atoms with Crippen LogP contribution in [0.25, 0.3) is 0 Å². The molecule has 0 N–H and O–H groups in total. The summed E-state index contributed by atoms with van der Waals surface area (Å²) in [4.78, 5) is 19.9. The van der Waals surface area contributed by atoms with Crippen molar-refractivity contribution >= 4 is 29.3 Å². The van der Waals surface area contributed by atoms with E-state index in [9.17, 15) is 4.79 Å². The van der Waals surface area contributed by atoms with Crippen LogP contribution in [0.3, 0.4) is 0 Å². The van der Waals surface area contributed by atoms with Crippen LogP contribution in [0.1, 0.15) is 84.7 Å². The molecule has 36 heavy (non-hydrogen) atoms. The molecule has 2 aliphatic rings. The summed E-state index contributed by atoms with van der Waals surface area (Å²) in [5.41, 5.74) is 7.24. The summed E-state index contributed by atoms with van der Waals surface area (Å²) >= 11 is 3.65. The third-order valence-electron chi connectivity index (χ3n) is 7.47. The number of Topliss-reactive ketones (excluding diaryl/α,β-unsaturated/α-hetero) is 1. The van der Waals surface area contributed by atoms with Gasteiger partial charge < -0.3 is 0 Å². The summed E-state index contributed by atoms with van der Waals surface area (Å²) in [6.45, 7) is 8.97. The first-order valence-electron chi connectivity index (χ1n) is 12.8. The standard InChI is InChI=1S/C33H30OS2/c1-19(2)21-13-9-15-25-29(23-11-5-7-17-27(23)35-32(21)25)31(34)30-24-12-6-8-18-28(24)36-33-22(20(3)4)14-10-16-26(30)33/h5-20,29-30H,1-4H3. The van der Waals surface area contributed by atoms with E-state index in [0.29, 0.717) is 11.8 Å². The Kier molecular flexibility index (Phi) is 6.09. The van der Waals surface area contributed by atoms with E-state index >= 15 is 0 Å². The average molecular weight is 507 g/mol. The SMILES string of the molecule is CC(C)c1cccc2c1Sc1ccccc1C2C(=O)C1c2ccccc2Sc2c(C(C)C)cccc21. The zero-order valence-corrected chi connectivity index (χ0v) is 22.8. The molecule has 4 aromatic carbocycles. The van der Waals surface area contributed by atoms with Crippen LogP contribution in [0.4, 0.5) is 0 Å². The minimum atomic E-state index is -0.284. The molecule has 2 heterocycles. The Labute approximate surface area is 222 Å². The number of carbonyl (C=O) groups is 1. The monoisotopic (exact) mass is 506 g/mol. The predicted molar refractivity (Wildman–Crippen MR) is 151 cm³/mol. The van der Waals surface area contributed by atoms with Crippen molar-refractivity contribution in [1.82, 2.24) is 0 Å². The van der Waals surface area contributed by atoms with Crippen molar-refractivity contribution in [3.05, 3.63) is 118 Å². The van der Waals surface area contributed by atoms with Crippen LogP contribution in [0.15, 0.2) is 105 Å². The van der Waals surface area contributed by atoms with Gasteiger partial charge in [0.1, 0.15) is 0 Å². The van der Waals surface area contributed by atoms with Crippen molar-refractivity contribution in [2.45, 2.75) is 70.9 Å². The normalized spacial score (nSPS) is 17.8. The fourth-order valence-corrected chi connectivity index (χ4v) is 8.50. The third-order valence-corrected chi connectivity index (χ3v) is 10.0. The molecule has 0 radical (unpaired) electrons. The molecule has 2 unspecified atom stereocenters. The molecule has 0 saturated carbocycles. The number of rotatable bonds is 4. The summed E-state index contributed by atoms with van der Waals surface area (Å²) in [6.07, 6.45) is 0. The number of hydrogen-bond donors (Lipinski definition) is 0. The van der Waals surface area contributed by atoms with Gasteiger partial charge in [0.15, 0.2) is 5.78 Å². The van der Waals surface area contributed by atoms with Crippen molar-refractivity contribution in [3.63, 3.8) is 0 Å². The number of fused-ring (bicyclic) bond motifs is 4. The zero-order chi connectivity index (χ0) is 25.0. The molecule has 6 rings (SSSR count). The van der Waals surface area contributed by atoms with E-state index in [2.05, 4.69) is 113 Å². The molecule has 0 aromatic heterocycles. The Hall–Kier alpha value is -2.75. The zero-order valence-electron chi connectivity index (χ0n) is 21.1. The van der Waals surface area contributed by atoms with Crippen LogP contribution in [-0.2, 0) is 4.79 Å². The van der Waals surface area contributed by atoms with Gasteiger partial charge in [-0.1, -0.05) is 124 Å². The largest absolute Gasteiger partial charge is 0.298 e. The van der Waals surface area contributed by atoms with Crippen molar-refractivity contribution in [2.24, 2.45) is 0 Å². The van der Waals surface area contributed by atoms with Crippen LogP contribution in [-0.4, -0.2) is 5.78 Å². The second-order valence-corrected chi connectivity index (χ2v) is 12.5. The maximum Gasteiger partial charge on any atom is 0.156 e. The lowest BCUT2D eigenvalue weighted by atomic mass is 9.75. The summed E-state index contributed by atoms with van der Waals surface area (Å²) in [5, 5.41) is 0. The topological polar surface area (TPSA) is 17.1 Å². The summed E-state index contributed by atoms with van der Waals surface area (Å²) < 4.78 is 0. The predicted octanol–water partition coefficient (Wildman–Crippen LogP) is 9.40. The maximum atomic E-state index is 14.9. The molecule has 0 amide bonds. The van der Waals surface area contributed by atoms with Crippen molar-refractivity contribution < 1.29 is 4.79 Å². The van der Waals surface area contributed by atoms with Gasteiger partial charge in [-0.25, -0.2) is 0 Å². The first-order chi connectivity index (χ1) is 17.5. The van der Waals surface area contributed by atoms with Gasteiger partial charge in [0.25, 0.3) is 0 Å². The second-order valence-electron chi connectivity index (χ2n) is 10.4. The molecule has 0 fully saturated rings. The lowest BCUT2D eigenvalue weighted by molar-refractivity contribution is -0.120. The van der Waals surface area contributed by atoms with Gasteiger partial charge in [-0.3, -0.25) is 4.79 Å². The highest BCUT2D eigenvalue weighted by Crippen LogP contribution is 2.54. The Morgan fingerprint density at radius 1 is 0.556 bits per heavy atom. The number of carbonyl (C=O) groups excluding carboxylic acids is 1. The van der Waals surface area contributed by atoms with Crippen LogP contribution in [0, 0.1) is 0 Å². The van der Waals surface area contributed by atoms with Gasteiger partial charge in [-0.05, 0) is 57.3 Å². The molecule has 4 aromatic rings. The third kappa shape index (κ3) is 3.76. The van der Waals surface area contributed by atoms with Crippen molar-refractivity contribution in [1.29, 1.82) is 0 Å². The van der Waals surface area contributed by atoms with Crippen LogP contribution in [0.5, 0.6) is 0 Å². The lowest BCUT2D eigenvalue weighted by Crippen LogP contribution is -2.27. The highest BCUT2D eigenvalue weighted by atomic mass is 32.2. The maximum absolute atomic E-state index is 14.9. The van der Waals surface area contributed by atoms with E-state index < -0.39 is 0 Å². The van der Waals surface area contributed by atoms with Crippen LogP contribution < -0.4 is 0 Å². The molecular formula is C33H30OS2. The molecule has 180 valence electrons. The number of hydrogen-bond acceptors (Lipinski definition) is 3. The van der Waals surface area contributed by atoms with Crippen LogP contribution >= 0.6 is 23.5 Å². The van der Waals surface area contributed by atoms with Gasteiger partial charge in [0, 0.05) is 19.6 Å². The summed E-state index contributed by atoms with van der Waals surface area (Å²) in [6, 6.07) is 30.1. The van der Waals surface area contributed by atoms with E-state index in [0.717, 1.165) is 22.3 Å². The Bertz CT molecular complexity index is 1370. The molecule has 0 bridgehead atoms. The second kappa shape index (κ2) is 9.28. The highest BCUT2D eigenvalue weighted by Gasteiger charge is 2.40. The molecule has 1 nitrogen and oxygen atoms in total. The van der Waals surface area contributed by atoms with Gasteiger partial charge in [-0.2, -0.15) is 0 Å². The fourth-order valence-electron chi connectivity index (χ4n) is 5.71. The van der Waals surface area contributed by atoms with Gasteiger partial charge >= 0.3 is 0 Å². The van der Waals surface area contributed by atoms with E-state index in [4.69, 9.17) is 0 Å². The highest BCUT2D eigenvalue weighted by molar-refractivity contribution is 7.99. The molecule has 2 aliphatic heterocycles. The quantitative estimate of drug-likeness (QED) is 0.274. The molecule has 0 saturated heterocycles. The molecule has 2 atom stereocenters. The van der Waals surface area contributed by atoms with E-state index in [1.165, 1.54) is 30.7 Å². The molecular weight excluding hydrogens is 476 g/mol. The smallest absolute Gasteiger partial charge is 0.156 e. The minimum absolute atomic E-state index is 0.278. The van der Waals surface area contributed by atoms with Crippen molar-refractivity contribution in [3.8, 4) is 0 Å². The van der Waals surface area contributed by atoms with Crippen LogP contribution in [0.2, 0.25) is 0 Å². The Morgan fingerprint density at radius 2 is 0.944 bits per heavy atom. The van der Waals surface area contributed by atoms with Gasteiger partial charge in [0.05, 0.1) is 11.8 Å². The first kappa shape index (κ1) is 23.6. The lowest BCUT2D eigenvalue weighted by Gasteiger charge is -2.35. The first-order valence-corrected chi connectivity index (χ1v) is 14.4. The fraction of sp³-hybridized carbons (Fsp3) is 0.242. The number of ketones is 1. The average Bonchev–Trinajstić information content (AvgIpc) is 2.89. The Balaban J connectivity index is 1.58. The van der Waals surface area contributed by atoms with Gasteiger partial charge in [0.2, 0.25) is 0 Å². The van der Waals surface area contributed by atoms with E-state index in [1.807, 2.05) is 23.5 Å². The van der Waals surface area contributed by atoms with E-state index in [1.54, 1.807) is 0 Å².